The van der Waals surface area contributed by atoms with Crippen LogP contribution in [0.15, 0.2) is 42.7 Å². The van der Waals surface area contributed by atoms with E-state index in [4.69, 9.17) is 0 Å². The molecule has 1 N–H and O–H groups in total. The zero-order chi connectivity index (χ0) is 25.7. The van der Waals surface area contributed by atoms with E-state index in [-0.39, 0.29) is 24.6 Å². The van der Waals surface area contributed by atoms with Crippen LogP contribution in [-0.2, 0) is 29.5 Å². The monoisotopic (exact) mass is 500 g/mol. The quantitative estimate of drug-likeness (QED) is 0.545. The van der Waals surface area contributed by atoms with Crippen LogP contribution in [0.2, 0.25) is 0 Å². The molecule has 11 heteroatoms. The first-order chi connectivity index (χ1) is 17.1. The number of rotatable bonds is 4. The minimum absolute atomic E-state index is 0.0708. The molecule has 2 aliphatic heterocycles. The molecule has 1 aromatic carbocycles. The van der Waals surface area contributed by atoms with Gasteiger partial charge in [-0.1, -0.05) is 12.1 Å². The number of aromatic nitrogens is 3. The van der Waals surface area contributed by atoms with E-state index in [9.17, 15) is 22.4 Å². The van der Waals surface area contributed by atoms with Crippen molar-refractivity contribution in [3.63, 3.8) is 0 Å². The fourth-order valence-electron chi connectivity index (χ4n) is 5.09. The maximum atomic E-state index is 14.7. The third-order valence-electron chi connectivity index (χ3n) is 6.81. The highest BCUT2D eigenvalue weighted by Gasteiger charge is 2.53. The number of amides is 1. The van der Waals surface area contributed by atoms with Crippen molar-refractivity contribution in [2.24, 2.45) is 0 Å². The van der Waals surface area contributed by atoms with Gasteiger partial charge in [-0.3, -0.25) is 9.78 Å². The molecule has 0 bridgehead atoms. The molecule has 5 rings (SSSR count). The van der Waals surface area contributed by atoms with Crippen LogP contribution in [0.25, 0.3) is 0 Å². The van der Waals surface area contributed by atoms with Crippen LogP contribution < -0.4 is 10.2 Å². The summed E-state index contributed by atoms with van der Waals surface area (Å²) in [6.45, 7) is 2.82. The van der Waals surface area contributed by atoms with Gasteiger partial charge in [0.05, 0.1) is 17.8 Å². The average Bonchev–Trinajstić information content (AvgIpc) is 3.23. The molecule has 1 unspecified atom stereocenters. The second kappa shape index (κ2) is 8.81. The van der Waals surface area contributed by atoms with Crippen molar-refractivity contribution >= 4 is 17.4 Å². The number of hydrogen-bond donors (Lipinski definition) is 1. The Morgan fingerprint density at radius 3 is 2.56 bits per heavy atom. The van der Waals surface area contributed by atoms with Gasteiger partial charge in [-0.25, -0.2) is 14.4 Å². The molecule has 0 aliphatic carbocycles. The fraction of sp³-hybridized carbons (Fsp3) is 0.360. The number of nitrogens with zero attached hydrogens (tertiary/aromatic N) is 5. The summed E-state index contributed by atoms with van der Waals surface area (Å²) in [7, 11) is 1.94. The minimum Gasteiger partial charge on any atom is -0.365 e. The molecule has 3 aromatic rings. The highest BCUT2D eigenvalue weighted by atomic mass is 19.4. The van der Waals surface area contributed by atoms with Crippen molar-refractivity contribution in [2.75, 3.05) is 30.4 Å². The molecular formula is C25H24F4N6O. The summed E-state index contributed by atoms with van der Waals surface area (Å²) >= 11 is 0. The molecule has 0 saturated carbocycles. The van der Waals surface area contributed by atoms with Crippen molar-refractivity contribution in [1.82, 2.24) is 19.9 Å². The highest BCUT2D eigenvalue weighted by Crippen LogP contribution is 2.44. The lowest BCUT2D eigenvalue weighted by atomic mass is 9.76. The van der Waals surface area contributed by atoms with Crippen LogP contribution in [0.5, 0.6) is 0 Å². The van der Waals surface area contributed by atoms with Crippen LogP contribution in [0.4, 0.5) is 29.1 Å². The Morgan fingerprint density at radius 2 is 1.89 bits per heavy atom. The van der Waals surface area contributed by atoms with E-state index in [1.54, 1.807) is 36.4 Å². The van der Waals surface area contributed by atoms with Crippen LogP contribution in [0.1, 0.15) is 34.6 Å². The van der Waals surface area contributed by atoms with Gasteiger partial charge in [0.15, 0.2) is 0 Å². The van der Waals surface area contributed by atoms with Gasteiger partial charge in [-0.2, -0.15) is 13.2 Å². The molecule has 4 heterocycles. The number of halogens is 4. The lowest BCUT2D eigenvalue weighted by Gasteiger charge is -2.40. The van der Waals surface area contributed by atoms with Gasteiger partial charge < -0.3 is 15.1 Å². The van der Waals surface area contributed by atoms with E-state index >= 15 is 0 Å². The van der Waals surface area contributed by atoms with Crippen LogP contribution in [0.3, 0.4) is 0 Å². The molecule has 2 aliphatic rings. The second-order valence-corrected chi connectivity index (χ2v) is 9.24. The number of alkyl halides is 3. The predicted molar refractivity (Wildman–Crippen MR) is 125 cm³/mol. The van der Waals surface area contributed by atoms with Crippen LogP contribution >= 0.6 is 0 Å². The van der Waals surface area contributed by atoms with Gasteiger partial charge in [0.1, 0.15) is 22.9 Å². The summed E-state index contributed by atoms with van der Waals surface area (Å²) in [4.78, 5) is 30.8. The molecule has 1 amide bonds. The Morgan fingerprint density at radius 1 is 1.14 bits per heavy atom. The lowest BCUT2D eigenvalue weighted by molar-refractivity contribution is -0.140. The van der Waals surface area contributed by atoms with E-state index < -0.39 is 23.0 Å². The molecule has 2 aromatic heterocycles. The summed E-state index contributed by atoms with van der Waals surface area (Å²) in [5.74, 6) is -0.604. The van der Waals surface area contributed by atoms with Crippen molar-refractivity contribution in [1.29, 1.82) is 0 Å². The number of aryl methyl sites for hydroxylation is 1. The Bertz CT molecular complexity index is 1320. The zero-order valence-corrected chi connectivity index (χ0v) is 19.7. The number of pyridine rings is 1. The first-order valence-corrected chi connectivity index (χ1v) is 11.5. The Balaban J connectivity index is 1.57. The van der Waals surface area contributed by atoms with Crippen molar-refractivity contribution in [3.05, 3.63) is 76.8 Å². The van der Waals surface area contributed by atoms with Crippen molar-refractivity contribution < 1.29 is 22.4 Å². The van der Waals surface area contributed by atoms with E-state index in [0.29, 0.717) is 54.2 Å². The largest absolute Gasteiger partial charge is 0.419 e. The average molecular weight is 501 g/mol. The number of carbonyl (C=O) groups excluding carboxylic acids is 1. The number of hydrogen-bond acceptors (Lipinski definition) is 6. The van der Waals surface area contributed by atoms with Gasteiger partial charge in [-0.05, 0) is 45.1 Å². The highest BCUT2D eigenvalue weighted by molar-refractivity contribution is 6.03. The SMILES string of the molecule is Cc1nc(NCc2cccc(C(F)(F)F)c2F)c2c(n1)C1(CCN(C)C1)C(=O)N(c1ccncc1)C2. The molecular weight excluding hydrogens is 476 g/mol. The minimum atomic E-state index is -4.79. The fourth-order valence-corrected chi connectivity index (χ4v) is 5.09. The van der Waals surface area contributed by atoms with Gasteiger partial charge in [0, 0.05) is 42.3 Å². The van der Waals surface area contributed by atoms with Gasteiger partial charge in [0.25, 0.3) is 0 Å². The summed E-state index contributed by atoms with van der Waals surface area (Å²) < 4.78 is 54.2. The molecule has 36 heavy (non-hydrogen) atoms. The van der Waals surface area contributed by atoms with E-state index in [0.717, 1.165) is 0 Å². The number of fused-ring (bicyclic) bond motifs is 2. The standard InChI is InChI=1S/C25H24F4N6O/c1-15-32-21-18(22(33-15)31-12-16-4-3-5-19(20(16)26)25(27,28)29)13-35(17-6-9-30-10-7-17)23(36)24(21)8-11-34(2)14-24/h3-7,9-10H,8,11-14H2,1-2H3,(H,31,32,33). The van der Waals surface area contributed by atoms with Crippen molar-refractivity contribution in [3.8, 4) is 0 Å². The first-order valence-electron chi connectivity index (χ1n) is 11.5. The van der Waals surface area contributed by atoms with E-state index in [1.807, 2.05) is 7.05 Å². The molecule has 188 valence electrons. The summed E-state index contributed by atoms with van der Waals surface area (Å²) in [6, 6.07) is 6.69. The number of likely N-dealkylation sites (tertiary alicyclic amines) is 1. The van der Waals surface area contributed by atoms with Gasteiger partial charge in [0.2, 0.25) is 5.91 Å². The number of nitrogens with one attached hydrogen (secondary N) is 1. The second-order valence-electron chi connectivity index (χ2n) is 9.24. The normalized spacial score (nSPS) is 20.2. The van der Waals surface area contributed by atoms with E-state index in [1.165, 1.54) is 12.1 Å². The maximum absolute atomic E-state index is 14.7. The summed E-state index contributed by atoms with van der Waals surface area (Å²) in [5.41, 5.74) is -0.392. The van der Waals surface area contributed by atoms with E-state index in [2.05, 4.69) is 25.2 Å². The first kappa shape index (κ1) is 24.1. The third-order valence-corrected chi connectivity index (χ3v) is 6.81. The molecule has 7 nitrogen and oxygen atoms in total. The van der Waals surface area contributed by atoms with Gasteiger partial charge >= 0.3 is 6.18 Å². The summed E-state index contributed by atoms with van der Waals surface area (Å²) in [6.07, 6.45) is -1.02. The topological polar surface area (TPSA) is 74.2 Å². The molecule has 1 fully saturated rings. The predicted octanol–water partition coefficient (Wildman–Crippen LogP) is 4.07. The van der Waals surface area contributed by atoms with Gasteiger partial charge in [-0.15, -0.1) is 0 Å². The molecule has 1 atom stereocenters. The molecule has 0 radical (unpaired) electrons. The third kappa shape index (κ3) is 4.06. The number of carbonyl (C=O) groups is 1. The zero-order valence-electron chi connectivity index (χ0n) is 19.7. The van der Waals surface area contributed by atoms with Crippen LogP contribution in [0, 0.1) is 12.7 Å². The van der Waals surface area contributed by atoms with Crippen molar-refractivity contribution in [2.45, 2.75) is 38.0 Å². The van der Waals surface area contributed by atoms with Crippen LogP contribution in [-0.4, -0.2) is 45.9 Å². The molecule has 1 saturated heterocycles. The maximum Gasteiger partial charge on any atom is 0.419 e. The number of likely N-dealkylation sites (N-methyl/N-ethyl adjacent to an activating group) is 1. The lowest BCUT2D eigenvalue weighted by Crippen LogP contribution is -2.53. The molecule has 1 spiro atoms. The Kier molecular flexibility index (Phi) is 5.90. The smallest absolute Gasteiger partial charge is 0.365 e. The number of anilines is 2. The number of benzene rings is 1. The Hall–Kier alpha value is -3.60. The summed E-state index contributed by atoms with van der Waals surface area (Å²) in [5, 5.41) is 3.03. The Labute approximate surface area is 205 Å².